The molecule has 0 fully saturated rings. The molecule has 0 saturated carbocycles. The van der Waals surface area contributed by atoms with E-state index in [0.29, 0.717) is 31.1 Å². The van der Waals surface area contributed by atoms with Crippen LogP contribution in [-0.4, -0.2) is 30.5 Å². The van der Waals surface area contributed by atoms with Crippen molar-refractivity contribution in [2.75, 3.05) is 20.3 Å². The second-order valence-electron chi connectivity index (χ2n) is 4.96. The zero-order valence-electron chi connectivity index (χ0n) is 13.5. The van der Waals surface area contributed by atoms with E-state index >= 15 is 0 Å². The lowest BCUT2D eigenvalue weighted by Crippen LogP contribution is -2.09. The number of rotatable bonds is 8. The quantitative estimate of drug-likeness (QED) is 0.529. The van der Waals surface area contributed by atoms with Gasteiger partial charge in [0, 0.05) is 19.2 Å². The SMILES string of the molecule is C=CCc1ccc(OCCOC)cc1Oc1ccc(C(F)(F)F)nn1. The molecule has 25 heavy (non-hydrogen) atoms. The van der Waals surface area contributed by atoms with Gasteiger partial charge >= 0.3 is 6.18 Å². The molecular weight excluding hydrogens is 337 g/mol. The summed E-state index contributed by atoms with van der Waals surface area (Å²) < 4.78 is 53.6. The van der Waals surface area contributed by atoms with E-state index in [2.05, 4.69) is 16.8 Å². The number of halogens is 3. The van der Waals surface area contributed by atoms with Gasteiger partial charge in [-0.3, -0.25) is 0 Å². The highest BCUT2D eigenvalue weighted by Crippen LogP contribution is 2.31. The largest absolute Gasteiger partial charge is 0.491 e. The van der Waals surface area contributed by atoms with Gasteiger partial charge in [-0.05, 0) is 24.1 Å². The van der Waals surface area contributed by atoms with Crippen molar-refractivity contribution in [2.24, 2.45) is 0 Å². The number of hydrogen-bond acceptors (Lipinski definition) is 5. The fourth-order valence-corrected chi connectivity index (χ4v) is 1.92. The molecule has 1 heterocycles. The third-order valence-corrected chi connectivity index (χ3v) is 3.10. The van der Waals surface area contributed by atoms with Crippen molar-refractivity contribution in [1.82, 2.24) is 10.2 Å². The van der Waals surface area contributed by atoms with Crippen molar-refractivity contribution in [3.8, 4) is 17.4 Å². The van der Waals surface area contributed by atoms with Gasteiger partial charge in [-0.2, -0.15) is 13.2 Å². The molecule has 0 N–H and O–H groups in total. The Hall–Kier alpha value is -2.61. The Kier molecular flexibility index (Phi) is 6.35. The fourth-order valence-electron chi connectivity index (χ4n) is 1.92. The number of nitrogens with zero attached hydrogens (tertiary/aromatic N) is 2. The first-order valence-electron chi connectivity index (χ1n) is 7.38. The molecule has 2 aromatic rings. The van der Waals surface area contributed by atoms with E-state index in [4.69, 9.17) is 14.2 Å². The summed E-state index contributed by atoms with van der Waals surface area (Å²) in [6.07, 6.45) is -2.34. The van der Waals surface area contributed by atoms with Crippen LogP contribution >= 0.6 is 0 Å². The average molecular weight is 354 g/mol. The van der Waals surface area contributed by atoms with Gasteiger partial charge in [0.2, 0.25) is 5.88 Å². The Morgan fingerprint density at radius 1 is 1.12 bits per heavy atom. The Bertz CT molecular complexity index is 703. The molecule has 0 bridgehead atoms. The molecule has 0 amide bonds. The fraction of sp³-hybridized carbons (Fsp3) is 0.294. The minimum Gasteiger partial charge on any atom is -0.491 e. The minimum absolute atomic E-state index is 0.0487. The summed E-state index contributed by atoms with van der Waals surface area (Å²) in [5.41, 5.74) is -0.293. The molecule has 0 aliphatic heterocycles. The van der Waals surface area contributed by atoms with Crippen LogP contribution in [0.3, 0.4) is 0 Å². The number of allylic oxidation sites excluding steroid dienone is 1. The van der Waals surface area contributed by atoms with Crippen molar-refractivity contribution in [3.63, 3.8) is 0 Å². The number of methoxy groups -OCH3 is 1. The molecule has 0 atom stereocenters. The first-order valence-corrected chi connectivity index (χ1v) is 7.38. The van der Waals surface area contributed by atoms with Crippen LogP contribution in [0.15, 0.2) is 43.0 Å². The van der Waals surface area contributed by atoms with Crippen LogP contribution in [0.1, 0.15) is 11.3 Å². The lowest BCUT2D eigenvalue weighted by atomic mass is 10.1. The van der Waals surface area contributed by atoms with Gasteiger partial charge in [-0.15, -0.1) is 16.8 Å². The summed E-state index contributed by atoms with van der Waals surface area (Å²) >= 11 is 0. The van der Waals surface area contributed by atoms with Crippen LogP contribution in [-0.2, 0) is 17.3 Å². The molecule has 0 radical (unpaired) electrons. The molecule has 8 heteroatoms. The lowest BCUT2D eigenvalue weighted by molar-refractivity contribution is -0.141. The maximum absolute atomic E-state index is 12.5. The van der Waals surface area contributed by atoms with Crippen molar-refractivity contribution in [3.05, 3.63) is 54.2 Å². The third-order valence-electron chi connectivity index (χ3n) is 3.10. The van der Waals surface area contributed by atoms with Crippen molar-refractivity contribution in [1.29, 1.82) is 0 Å². The number of aromatic nitrogens is 2. The second-order valence-corrected chi connectivity index (χ2v) is 4.96. The Morgan fingerprint density at radius 3 is 2.52 bits per heavy atom. The summed E-state index contributed by atoms with van der Waals surface area (Å²) in [5.74, 6) is 0.899. The summed E-state index contributed by atoms with van der Waals surface area (Å²) in [5, 5.41) is 6.60. The summed E-state index contributed by atoms with van der Waals surface area (Å²) in [6.45, 7) is 4.45. The number of benzene rings is 1. The van der Waals surface area contributed by atoms with Crippen LogP contribution in [0.25, 0.3) is 0 Å². The Labute approximate surface area is 143 Å². The highest BCUT2D eigenvalue weighted by molar-refractivity contribution is 5.43. The topological polar surface area (TPSA) is 53.5 Å². The van der Waals surface area contributed by atoms with Gasteiger partial charge in [-0.1, -0.05) is 12.1 Å². The first-order chi connectivity index (χ1) is 11.9. The highest BCUT2D eigenvalue weighted by Gasteiger charge is 2.33. The van der Waals surface area contributed by atoms with E-state index < -0.39 is 11.9 Å². The first kappa shape index (κ1) is 18.7. The molecular formula is C17H17F3N2O3. The van der Waals surface area contributed by atoms with Crippen molar-refractivity contribution >= 4 is 0 Å². The van der Waals surface area contributed by atoms with Gasteiger partial charge in [0.1, 0.15) is 18.1 Å². The number of alkyl halides is 3. The lowest BCUT2D eigenvalue weighted by Gasteiger charge is -2.12. The van der Waals surface area contributed by atoms with Gasteiger partial charge in [-0.25, -0.2) is 0 Å². The predicted molar refractivity (Wildman–Crippen MR) is 84.8 cm³/mol. The molecule has 0 aliphatic rings. The smallest absolute Gasteiger partial charge is 0.435 e. The van der Waals surface area contributed by atoms with Crippen LogP contribution in [0.5, 0.6) is 17.4 Å². The number of hydrogen-bond donors (Lipinski definition) is 0. The monoisotopic (exact) mass is 354 g/mol. The molecule has 0 aliphatic carbocycles. The molecule has 0 unspecified atom stereocenters. The van der Waals surface area contributed by atoms with Crippen LogP contribution in [0, 0.1) is 0 Å². The van der Waals surface area contributed by atoms with Gasteiger partial charge in [0.05, 0.1) is 6.61 Å². The van der Waals surface area contributed by atoms with Crippen molar-refractivity contribution in [2.45, 2.75) is 12.6 Å². The van der Waals surface area contributed by atoms with E-state index in [1.54, 1.807) is 31.4 Å². The Balaban J connectivity index is 2.20. The van der Waals surface area contributed by atoms with E-state index in [0.717, 1.165) is 17.7 Å². The highest BCUT2D eigenvalue weighted by atomic mass is 19.4. The van der Waals surface area contributed by atoms with Crippen molar-refractivity contribution < 1.29 is 27.4 Å². The zero-order chi connectivity index (χ0) is 18.3. The van der Waals surface area contributed by atoms with E-state index in [1.807, 2.05) is 0 Å². The molecule has 1 aromatic carbocycles. The second kappa shape index (κ2) is 8.48. The van der Waals surface area contributed by atoms with E-state index in [9.17, 15) is 13.2 Å². The summed E-state index contributed by atoms with van der Waals surface area (Å²) in [4.78, 5) is 0. The standard InChI is InChI=1S/C17H17F3N2O3/c1-3-4-12-5-6-13(24-10-9-23-2)11-14(12)25-16-8-7-15(21-22-16)17(18,19)20/h3,5-8,11H,1,4,9-10H2,2H3. The zero-order valence-corrected chi connectivity index (χ0v) is 13.5. The molecule has 5 nitrogen and oxygen atoms in total. The number of ether oxygens (including phenoxy) is 3. The molecule has 134 valence electrons. The van der Waals surface area contributed by atoms with Gasteiger partial charge in [0.25, 0.3) is 0 Å². The minimum atomic E-state index is -4.55. The van der Waals surface area contributed by atoms with Gasteiger partial charge in [0.15, 0.2) is 5.69 Å². The average Bonchev–Trinajstić information content (AvgIpc) is 2.57. The Morgan fingerprint density at radius 2 is 1.92 bits per heavy atom. The van der Waals surface area contributed by atoms with Crippen LogP contribution in [0.2, 0.25) is 0 Å². The van der Waals surface area contributed by atoms with Gasteiger partial charge < -0.3 is 14.2 Å². The molecule has 1 aromatic heterocycles. The maximum Gasteiger partial charge on any atom is 0.435 e. The van der Waals surface area contributed by atoms with Crippen LogP contribution < -0.4 is 9.47 Å². The normalized spacial score (nSPS) is 11.2. The summed E-state index contributed by atoms with van der Waals surface area (Å²) in [7, 11) is 1.56. The third kappa shape index (κ3) is 5.46. The molecule has 0 saturated heterocycles. The molecule has 2 rings (SSSR count). The van der Waals surface area contributed by atoms with E-state index in [-0.39, 0.29) is 5.88 Å². The maximum atomic E-state index is 12.5. The molecule has 0 spiro atoms. The summed E-state index contributed by atoms with van der Waals surface area (Å²) in [6, 6.07) is 7.12. The van der Waals surface area contributed by atoms with E-state index in [1.165, 1.54) is 0 Å². The van der Waals surface area contributed by atoms with Crippen LogP contribution in [0.4, 0.5) is 13.2 Å². The predicted octanol–water partition coefficient (Wildman–Crippen LogP) is 4.04.